The molecule has 0 aliphatic heterocycles. The first kappa shape index (κ1) is 27.3. The lowest BCUT2D eigenvalue weighted by molar-refractivity contribution is 0.0729. The monoisotopic (exact) mass is 527 g/mol. The van der Waals surface area contributed by atoms with Crippen molar-refractivity contribution < 1.29 is 23.5 Å². The zero-order valence-corrected chi connectivity index (χ0v) is 21.8. The summed E-state index contributed by atoms with van der Waals surface area (Å²) in [5.41, 5.74) is 9.79. The van der Waals surface area contributed by atoms with Crippen LogP contribution in [0.1, 0.15) is 37.4 Å². The average molecular weight is 528 g/mol. The Kier molecular flexibility index (Phi) is 8.91. The molecule has 3 N–H and O–H groups in total. The number of methoxy groups -OCH3 is 2. The topological polar surface area (TPSA) is 93.9 Å². The molecule has 0 radical (unpaired) electrons. The van der Waals surface area contributed by atoms with Gasteiger partial charge in [-0.2, -0.15) is 0 Å². The maximum atomic E-state index is 13.9. The van der Waals surface area contributed by atoms with Crippen LogP contribution in [0.2, 0.25) is 0 Å². The third-order valence-electron chi connectivity index (χ3n) is 6.19. The quantitative estimate of drug-likeness (QED) is 0.288. The van der Waals surface area contributed by atoms with Crippen LogP contribution in [0.3, 0.4) is 0 Å². The van der Waals surface area contributed by atoms with Gasteiger partial charge in [0.05, 0.1) is 14.2 Å². The Bertz CT molecular complexity index is 1460. The van der Waals surface area contributed by atoms with E-state index in [4.69, 9.17) is 15.2 Å². The lowest BCUT2D eigenvalue weighted by Gasteiger charge is -2.24. The molecule has 0 aromatic heterocycles. The summed E-state index contributed by atoms with van der Waals surface area (Å²) in [5, 5.41) is 2.87. The number of nitrogens with one attached hydrogen (secondary N) is 1. The molecule has 4 rings (SSSR count). The van der Waals surface area contributed by atoms with E-state index in [1.54, 1.807) is 41.3 Å². The second-order valence-corrected chi connectivity index (χ2v) is 8.92. The second-order valence-electron chi connectivity index (χ2n) is 8.92. The van der Waals surface area contributed by atoms with E-state index in [0.29, 0.717) is 35.8 Å². The van der Waals surface area contributed by atoms with Crippen LogP contribution in [0, 0.1) is 5.82 Å². The Labute approximate surface area is 227 Å². The van der Waals surface area contributed by atoms with Gasteiger partial charge in [0.2, 0.25) is 0 Å². The van der Waals surface area contributed by atoms with Gasteiger partial charge in [-0.1, -0.05) is 42.5 Å². The molecule has 0 saturated carbocycles. The van der Waals surface area contributed by atoms with Crippen LogP contribution in [0.15, 0.2) is 91.0 Å². The molecular weight excluding hydrogens is 497 g/mol. The second kappa shape index (κ2) is 12.7. The Morgan fingerprint density at radius 1 is 0.769 bits per heavy atom. The van der Waals surface area contributed by atoms with Crippen molar-refractivity contribution in [2.24, 2.45) is 5.73 Å². The van der Waals surface area contributed by atoms with Gasteiger partial charge in [0.15, 0.2) is 11.5 Å². The lowest BCUT2D eigenvalue weighted by atomic mass is 10.1. The molecule has 39 heavy (non-hydrogen) atoms. The maximum absolute atomic E-state index is 13.9. The molecule has 0 aliphatic carbocycles. The number of benzene rings is 4. The van der Waals surface area contributed by atoms with E-state index in [2.05, 4.69) is 5.32 Å². The first-order chi connectivity index (χ1) is 18.9. The van der Waals surface area contributed by atoms with E-state index in [0.717, 1.165) is 16.7 Å². The molecule has 0 saturated heterocycles. The summed E-state index contributed by atoms with van der Waals surface area (Å²) < 4.78 is 24.4. The maximum Gasteiger partial charge on any atom is 0.255 e. The summed E-state index contributed by atoms with van der Waals surface area (Å²) >= 11 is 0. The number of halogens is 1. The molecule has 0 heterocycles. The summed E-state index contributed by atoms with van der Waals surface area (Å²) in [5.74, 6) is -0.0727. The summed E-state index contributed by atoms with van der Waals surface area (Å²) in [4.78, 5) is 27.8. The van der Waals surface area contributed by atoms with Crippen molar-refractivity contribution in [3.8, 4) is 11.5 Å². The van der Waals surface area contributed by atoms with Crippen molar-refractivity contribution in [2.45, 2.75) is 19.6 Å². The van der Waals surface area contributed by atoms with Crippen molar-refractivity contribution in [3.63, 3.8) is 0 Å². The number of amides is 2. The van der Waals surface area contributed by atoms with Gasteiger partial charge >= 0.3 is 0 Å². The Morgan fingerprint density at radius 3 is 2.15 bits per heavy atom. The van der Waals surface area contributed by atoms with Gasteiger partial charge in [-0.3, -0.25) is 9.59 Å². The fourth-order valence-electron chi connectivity index (χ4n) is 4.17. The number of carbonyl (C=O) groups is 2. The van der Waals surface area contributed by atoms with Crippen molar-refractivity contribution in [3.05, 3.63) is 125 Å². The van der Waals surface area contributed by atoms with Crippen LogP contribution in [0.5, 0.6) is 11.5 Å². The summed E-state index contributed by atoms with van der Waals surface area (Å²) in [7, 11) is 3.04. The highest BCUT2D eigenvalue weighted by atomic mass is 19.1. The SMILES string of the molecule is COc1ccc(C(=O)Nc2ccc(CN(Cc3cccc(CN)c3)C(=O)c3cccc(F)c3)cc2)cc1OC. The number of anilines is 1. The van der Waals surface area contributed by atoms with Gasteiger partial charge in [0.25, 0.3) is 11.8 Å². The number of carbonyl (C=O) groups excluding carboxylic acids is 2. The Balaban J connectivity index is 1.51. The number of ether oxygens (including phenoxy) is 2. The van der Waals surface area contributed by atoms with Crippen molar-refractivity contribution >= 4 is 17.5 Å². The van der Waals surface area contributed by atoms with Crippen LogP contribution in [0.25, 0.3) is 0 Å². The number of hydrogen-bond donors (Lipinski definition) is 2. The zero-order chi connectivity index (χ0) is 27.8. The largest absolute Gasteiger partial charge is 0.493 e. The number of nitrogens with two attached hydrogens (primary N) is 1. The highest BCUT2D eigenvalue weighted by molar-refractivity contribution is 6.04. The molecule has 8 heteroatoms. The third kappa shape index (κ3) is 7.00. The minimum Gasteiger partial charge on any atom is -0.493 e. The minimum atomic E-state index is -0.472. The van der Waals surface area contributed by atoms with E-state index in [1.807, 2.05) is 36.4 Å². The molecule has 4 aromatic rings. The van der Waals surface area contributed by atoms with Gasteiger partial charge in [-0.15, -0.1) is 0 Å². The molecule has 200 valence electrons. The molecular formula is C31H30FN3O4. The molecule has 4 aromatic carbocycles. The standard InChI is InChI=1S/C31H30FN3O4/c1-38-28-14-11-24(17-29(28)39-2)30(36)34-27-12-9-21(10-13-27)19-35(20-23-6-3-5-22(15-23)18-33)31(37)25-7-4-8-26(32)16-25/h3-17H,18-20,33H2,1-2H3,(H,34,36). The van der Waals surface area contributed by atoms with Gasteiger partial charge < -0.3 is 25.4 Å². The minimum absolute atomic E-state index is 0.267. The first-order valence-corrected chi connectivity index (χ1v) is 12.3. The summed E-state index contributed by atoms with van der Waals surface area (Å²) in [6.45, 7) is 0.995. The van der Waals surface area contributed by atoms with E-state index in [9.17, 15) is 14.0 Å². The molecule has 0 fully saturated rings. The van der Waals surface area contributed by atoms with E-state index < -0.39 is 5.82 Å². The molecule has 0 spiro atoms. The molecule has 0 bridgehead atoms. The highest BCUT2D eigenvalue weighted by Crippen LogP contribution is 2.28. The zero-order valence-electron chi connectivity index (χ0n) is 21.8. The molecule has 0 unspecified atom stereocenters. The lowest BCUT2D eigenvalue weighted by Crippen LogP contribution is -2.30. The van der Waals surface area contributed by atoms with Gasteiger partial charge in [0.1, 0.15) is 5.82 Å². The van der Waals surface area contributed by atoms with Crippen LogP contribution in [-0.4, -0.2) is 30.9 Å². The van der Waals surface area contributed by atoms with Gasteiger partial charge in [0, 0.05) is 36.4 Å². The predicted octanol–water partition coefficient (Wildman–Crippen LogP) is 5.40. The van der Waals surface area contributed by atoms with Crippen molar-refractivity contribution in [1.29, 1.82) is 0 Å². The van der Waals surface area contributed by atoms with Gasteiger partial charge in [-0.05, 0) is 65.2 Å². The highest BCUT2D eigenvalue weighted by Gasteiger charge is 2.18. The fourth-order valence-corrected chi connectivity index (χ4v) is 4.17. The number of nitrogens with zero attached hydrogens (tertiary/aromatic N) is 1. The average Bonchev–Trinajstić information content (AvgIpc) is 2.97. The van der Waals surface area contributed by atoms with Crippen molar-refractivity contribution in [2.75, 3.05) is 19.5 Å². The van der Waals surface area contributed by atoms with E-state index in [-0.39, 0.29) is 23.9 Å². The van der Waals surface area contributed by atoms with Crippen LogP contribution < -0.4 is 20.5 Å². The Morgan fingerprint density at radius 2 is 1.46 bits per heavy atom. The first-order valence-electron chi connectivity index (χ1n) is 12.3. The molecule has 0 atom stereocenters. The third-order valence-corrected chi connectivity index (χ3v) is 6.19. The molecule has 7 nitrogen and oxygen atoms in total. The van der Waals surface area contributed by atoms with Gasteiger partial charge in [-0.25, -0.2) is 4.39 Å². The van der Waals surface area contributed by atoms with Crippen LogP contribution >= 0.6 is 0 Å². The van der Waals surface area contributed by atoms with Crippen LogP contribution in [0.4, 0.5) is 10.1 Å². The predicted molar refractivity (Wildman–Crippen MR) is 148 cm³/mol. The summed E-state index contributed by atoms with van der Waals surface area (Å²) in [6, 6.07) is 25.5. The number of hydrogen-bond acceptors (Lipinski definition) is 5. The Hall–Kier alpha value is -4.69. The van der Waals surface area contributed by atoms with E-state index >= 15 is 0 Å². The normalized spacial score (nSPS) is 10.6. The van der Waals surface area contributed by atoms with E-state index in [1.165, 1.54) is 32.4 Å². The fraction of sp³-hybridized carbons (Fsp3) is 0.161. The van der Waals surface area contributed by atoms with Crippen LogP contribution in [-0.2, 0) is 19.6 Å². The number of rotatable bonds is 10. The smallest absolute Gasteiger partial charge is 0.255 e. The summed E-state index contributed by atoms with van der Waals surface area (Å²) in [6.07, 6.45) is 0. The van der Waals surface area contributed by atoms with Crippen molar-refractivity contribution in [1.82, 2.24) is 4.90 Å². The molecule has 2 amide bonds. The molecule has 0 aliphatic rings.